The Hall–Kier alpha value is -0.450. The largest absolute Gasteiger partial charge is 0.393 e. The van der Waals surface area contributed by atoms with Crippen LogP contribution in [-0.2, 0) is 13.0 Å². The lowest BCUT2D eigenvalue weighted by atomic mass is 10.3. The third-order valence-electron chi connectivity index (χ3n) is 1.95. The Kier molecular flexibility index (Phi) is 5.07. The van der Waals surface area contributed by atoms with Crippen molar-refractivity contribution >= 4 is 11.3 Å². The van der Waals surface area contributed by atoms with Crippen LogP contribution in [-0.4, -0.2) is 22.7 Å². The van der Waals surface area contributed by atoms with Gasteiger partial charge in [-0.05, 0) is 26.3 Å². The minimum Gasteiger partial charge on any atom is -0.393 e. The van der Waals surface area contributed by atoms with Gasteiger partial charge in [0, 0.05) is 11.9 Å². The van der Waals surface area contributed by atoms with Crippen molar-refractivity contribution in [2.24, 2.45) is 0 Å². The molecule has 1 atom stereocenters. The Balaban J connectivity index is 2.18. The van der Waals surface area contributed by atoms with Gasteiger partial charge >= 0.3 is 0 Å². The highest BCUT2D eigenvalue weighted by atomic mass is 32.1. The monoisotopic (exact) mass is 214 g/mol. The number of nitrogens with one attached hydrogen (secondary N) is 1. The minimum absolute atomic E-state index is 0.218. The Morgan fingerprint density at radius 3 is 3.00 bits per heavy atom. The highest BCUT2D eigenvalue weighted by Crippen LogP contribution is 2.09. The molecule has 0 radical (unpaired) electrons. The number of aryl methyl sites for hydroxylation is 1. The Morgan fingerprint density at radius 1 is 1.64 bits per heavy atom. The number of nitrogens with zero attached hydrogens (tertiary/aromatic N) is 1. The molecule has 1 unspecified atom stereocenters. The molecule has 4 heteroatoms. The van der Waals surface area contributed by atoms with Crippen molar-refractivity contribution in [3.8, 4) is 0 Å². The van der Waals surface area contributed by atoms with E-state index in [9.17, 15) is 0 Å². The first kappa shape index (κ1) is 11.6. The molecule has 0 spiro atoms. The van der Waals surface area contributed by atoms with Crippen LogP contribution in [0.5, 0.6) is 0 Å². The Labute approximate surface area is 89.2 Å². The number of rotatable bonds is 6. The van der Waals surface area contributed by atoms with Crippen LogP contribution in [0, 0.1) is 0 Å². The van der Waals surface area contributed by atoms with Crippen LogP contribution in [0.3, 0.4) is 0 Å². The standard InChI is InChI=1S/C10H18N2OS/c1-3-10-12-9(7-14-10)6-11-5-4-8(2)13/h7-8,11,13H,3-6H2,1-2H3. The highest BCUT2D eigenvalue weighted by Gasteiger charge is 2.00. The molecule has 2 N–H and O–H groups in total. The summed E-state index contributed by atoms with van der Waals surface area (Å²) >= 11 is 1.71. The normalized spacial score (nSPS) is 13.1. The summed E-state index contributed by atoms with van der Waals surface area (Å²) in [5.41, 5.74) is 1.11. The summed E-state index contributed by atoms with van der Waals surface area (Å²) in [6.45, 7) is 5.57. The lowest BCUT2D eigenvalue weighted by Gasteiger charge is -2.04. The van der Waals surface area contributed by atoms with E-state index in [2.05, 4.69) is 22.6 Å². The van der Waals surface area contributed by atoms with Gasteiger partial charge in [0.05, 0.1) is 16.8 Å². The quantitative estimate of drug-likeness (QED) is 0.706. The van der Waals surface area contributed by atoms with Crippen LogP contribution < -0.4 is 5.32 Å². The van der Waals surface area contributed by atoms with Gasteiger partial charge in [0.1, 0.15) is 0 Å². The fraction of sp³-hybridized carbons (Fsp3) is 0.700. The van der Waals surface area contributed by atoms with Gasteiger partial charge in [-0.3, -0.25) is 0 Å². The van der Waals surface area contributed by atoms with Gasteiger partial charge in [0.15, 0.2) is 0 Å². The maximum Gasteiger partial charge on any atom is 0.0926 e. The number of thiazole rings is 1. The number of hydrogen-bond acceptors (Lipinski definition) is 4. The van der Waals surface area contributed by atoms with Gasteiger partial charge in [-0.2, -0.15) is 0 Å². The Morgan fingerprint density at radius 2 is 2.43 bits per heavy atom. The Bertz CT molecular complexity index is 260. The summed E-state index contributed by atoms with van der Waals surface area (Å²) in [6, 6.07) is 0. The molecule has 0 aliphatic rings. The summed E-state index contributed by atoms with van der Waals surface area (Å²) < 4.78 is 0. The van der Waals surface area contributed by atoms with E-state index in [1.165, 1.54) is 5.01 Å². The van der Waals surface area contributed by atoms with Gasteiger partial charge in [0.2, 0.25) is 0 Å². The van der Waals surface area contributed by atoms with E-state index in [0.717, 1.165) is 31.6 Å². The molecule has 0 amide bonds. The van der Waals surface area contributed by atoms with Crippen LogP contribution in [0.4, 0.5) is 0 Å². The van der Waals surface area contributed by atoms with Crippen LogP contribution in [0.2, 0.25) is 0 Å². The molecular formula is C10H18N2OS. The second-order valence-corrected chi connectivity index (χ2v) is 4.34. The molecule has 0 aliphatic heterocycles. The second-order valence-electron chi connectivity index (χ2n) is 3.40. The third-order valence-corrected chi connectivity index (χ3v) is 2.99. The molecule has 0 saturated carbocycles. The fourth-order valence-electron chi connectivity index (χ4n) is 1.12. The van der Waals surface area contributed by atoms with Crippen molar-refractivity contribution in [3.63, 3.8) is 0 Å². The smallest absolute Gasteiger partial charge is 0.0926 e. The predicted molar refractivity (Wildman–Crippen MR) is 59.5 cm³/mol. The molecule has 1 heterocycles. The molecule has 14 heavy (non-hydrogen) atoms. The van der Waals surface area contributed by atoms with Crippen molar-refractivity contribution in [2.45, 2.75) is 39.3 Å². The van der Waals surface area contributed by atoms with Gasteiger partial charge in [0.25, 0.3) is 0 Å². The number of hydrogen-bond donors (Lipinski definition) is 2. The molecule has 0 aliphatic carbocycles. The molecule has 0 bridgehead atoms. The average Bonchev–Trinajstić information content (AvgIpc) is 2.60. The van der Waals surface area contributed by atoms with E-state index < -0.39 is 0 Å². The van der Waals surface area contributed by atoms with E-state index in [-0.39, 0.29) is 6.10 Å². The van der Waals surface area contributed by atoms with E-state index in [1.54, 1.807) is 18.3 Å². The molecule has 0 aromatic carbocycles. The van der Waals surface area contributed by atoms with Gasteiger partial charge in [-0.15, -0.1) is 11.3 Å². The van der Waals surface area contributed by atoms with Crippen molar-refractivity contribution in [2.75, 3.05) is 6.54 Å². The van der Waals surface area contributed by atoms with Crippen LogP contribution >= 0.6 is 11.3 Å². The molecule has 0 saturated heterocycles. The molecular weight excluding hydrogens is 196 g/mol. The SMILES string of the molecule is CCc1nc(CNCCC(C)O)cs1. The van der Waals surface area contributed by atoms with E-state index in [1.807, 2.05) is 0 Å². The fourth-order valence-corrected chi connectivity index (χ4v) is 1.86. The number of aliphatic hydroxyl groups is 1. The third kappa shape index (κ3) is 4.17. The maximum absolute atomic E-state index is 9.04. The minimum atomic E-state index is -0.218. The summed E-state index contributed by atoms with van der Waals surface area (Å²) in [5, 5.41) is 15.6. The maximum atomic E-state index is 9.04. The number of aromatic nitrogens is 1. The molecule has 1 rings (SSSR count). The van der Waals surface area contributed by atoms with Crippen molar-refractivity contribution in [1.29, 1.82) is 0 Å². The molecule has 80 valence electrons. The zero-order valence-corrected chi connectivity index (χ0v) is 9.60. The van der Waals surface area contributed by atoms with Crippen LogP contribution in [0.1, 0.15) is 31.0 Å². The van der Waals surface area contributed by atoms with Crippen LogP contribution in [0.15, 0.2) is 5.38 Å². The summed E-state index contributed by atoms with van der Waals surface area (Å²) in [6.07, 6.45) is 1.59. The molecule has 1 aromatic rings. The van der Waals surface area contributed by atoms with Crippen molar-refractivity contribution in [3.05, 3.63) is 16.1 Å². The lowest BCUT2D eigenvalue weighted by Crippen LogP contribution is -2.18. The molecule has 1 aromatic heterocycles. The van der Waals surface area contributed by atoms with Gasteiger partial charge < -0.3 is 10.4 Å². The number of aliphatic hydroxyl groups excluding tert-OH is 1. The van der Waals surface area contributed by atoms with E-state index >= 15 is 0 Å². The first-order valence-electron chi connectivity index (χ1n) is 5.04. The highest BCUT2D eigenvalue weighted by molar-refractivity contribution is 7.09. The first-order valence-corrected chi connectivity index (χ1v) is 5.92. The van der Waals surface area contributed by atoms with Crippen LogP contribution in [0.25, 0.3) is 0 Å². The summed E-state index contributed by atoms with van der Waals surface area (Å²) in [4.78, 5) is 4.44. The average molecular weight is 214 g/mol. The van der Waals surface area contributed by atoms with E-state index in [4.69, 9.17) is 5.11 Å². The summed E-state index contributed by atoms with van der Waals surface area (Å²) in [5.74, 6) is 0. The van der Waals surface area contributed by atoms with Crippen molar-refractivity contribution in [1.82, 2.24) is 10.3 Å². The first-order chi connectivity index (χ1) is 6.72. The van der Waals surface area contributed by atoms with Crippen molar-refractivity contribution < 1.29 is 5.11 Å². The predicted octanol–water partition coefficient (Wildman–Crippen LogP) is 1.57. The second kappa shape index (κ2) is 6.11. The van der Waals surface area contributed by atoms with Gasteiger partial charge in [-0.25, -0.2) is 4.98 Å². The molecule has 3 nitrogen and oxygen atoms in total. The topological polar surface area (TPSA) is 45.2 Å². The van der Waals surface area contributed by atoms with E-state index in [0.29, 0.717) is 0 Å². The van der Waals surface area contributed by atoms with Gasteiger partial charge in [-0.1, -0.05) is 6.92 Å². The zero-order chi connectivity index (χ0) is 10.4. The zero-order valence-electron chi connectivity index (χ0n) is 8.79. The summed E-state index contributed by atoms with van der Waals surface area (Å²) in [7, 11) is 0. The molecule has 0 fully saturated rings. The lowest BCUT2D eigenvalue weighted by molar-refractivity contribution is 0.183.